The van der Waals surface area contributed by atoms with Gasteiger partial charge in [0, 0.05) is 6.54 Å². The lowest BCUT2D eigenvalue weighted by Gasteiger charge is -2.31. The van der Waals surface area contributed by atoms with Crippen molar-refractivity contribution in [2.45, 2.75) is 19.8 Å². The van der Waals surface area contributed by atoms with E-state index in [4.69, 9.17) is 0 Å². The molecule has 12 heavy (non-hydrogen) atoms. The Hall–Kier alpha value is -1.06. The zero-order valence-electron chi connectivity index (χ0n) is 7.13. The Labute approximate surface area is 71.3 Å². The quantitative estimate of drug-likeness (QED) is 0.611. The Kier molecular flexibility index (Phi) is 2.68. The maximum Gasteiger partial charge on any atom is 0.293 e. The van der Waals surface area contributed by atoms with Crippen molar-refractivity contribution >= 4 is 12.4 Å². The van der Waals surface area contributed by atoms with Gasteiger partial charge in [-0.15, -0.1) is 0 Å². The molecule has 1 unspecified atom stereocenters. The minimum absolute atomic E-state index is 0.0180. The maximum atomic E-state index is 11.3. The molecule has 68 valence electrons. The van der Waals surface area contributed by atoms with Gasteiger partial charge in [-0.1, -0.05) is 0 Å². The van der Waals surface area contributed by atoms with Gasteiger partial charge in [0.2, 0.25) is 5.91 Å². The van der Waals surface area contributed by atoms with E-state index in [0.717, 1.165) is 19.4 Å². The fraction of sp³-hybridized carbons (Fsp3) is 0.750. The van der Waals surface area contributed by atoms with Crippen molar-refractivity contribution in [2.24, 2.45) is 5.41 Å². The second kappa shape index (κ2) is 3.56. The molecule has 0 aromatic rings. The molecule has 1 aliphatic heterocycles. The van der Waals surface area contributed by atoms with E-state index in [9.17, 15) is 9.59 Å². The van der Waals surface area contributed by atoms with Crippen LogP contribution in [-0.2, 0) is 14.3 Å². The van der Waals surface area contributed by atoms with Crippen LogP contribution in [-0.4, -0.2) is 25.5 Å². The zero-order valence-corrected chi connectivity index (χ0v) is 7.13. The summed E-state index contributed by atoms with van der Waals surface area (Å²) in [6, 6.07) is 0. The first-order chi connectivity index (χ1) is 5.69. The topological polar surface area (TPSA) is 55.4 Å². The third-order valence-electron chi connectivity index (χ3n) is 2.21. The van der Waals surface area contributed by atoms with Gasteiger partial charge in [0.15, 0.2) is 0 Å². The maximum absolute atomic E-state index is 11.3. The Morgan fingerprint density at radius 1 is 1.75 bits per heavy atom. The first-order valence-corrected chi connectivity index (χ1v) is 4.02. The molecule has 1 rings (SSSR count). The molecule has 4 nitrogen and oxygen atoms in total. The molecule has 0 spiro atoms. The molecule has 0 bridgehead atoms. The molecular formula is C8H13NO3. The molecule has 0 radical (unpaired) electrons. The largest absolute Gasteiger partial charge is 0.467 e. The number of rotatable bonds is 3. The number of hydrogen-bond donors (Lipinski definition) is 1. The van der Waals surface area contributed by atoms with Crippen LogP contribution in [0.1, 0.15) is 19.8 Å². The van der Waals surface area contributed by atoms with E-state index in [2.05, 4.69) is 10.1 Å². The van der Waals surface area contributed by atoms with Crippen molar-refractivity contribution in [3.05, 3.63) is 0 Å². The zero-order chi connectivity index (χ0) is 9.03. The highest BCUT2D eigenvalue weighted by Gasteiger charge is 2.36. The van der Waals surface area contributed by atoms with Crippen LogP contribution in [0.25, 0.3) is 0 Å². The molecule has 0 aromatic carbocycles. The van der Waals surface area contributed by atoms with Gasteiger partial charge >= 0.3 is 0 Å². The van der Waals surface area contributed by atoms with Crippen LogP contribution in [0.3, 0.4) is 0 Å². The Balaban J connectivity index is 2.53. The number of carbonyl (C=O) groups is 2. The number of carbonyl (C=O) groups excluding carboxylic acids is 2. The highest BCUT2D eigenvalue weighted by Crippen LogP contribution is 2.26. The predicted molar refractivity (Wildman–Crippen MR) is 42.4 cm³/mol. The molecular weight excluding hydrogens is 158 g/mol. The van der Waals surface area contributed by atoms with E-state index in [1.165, 1.54) is 0 Å². The molecule has 1 atom stereocenters. The minimum atomic E-state index is -0.515. The number of amides is 1. The second-order valence-electron chi connectivity index (χ2n) is 3.33. The number of nitrogens with one attached hydrogen (secondary N) is 1. The van der Waals surface area contributed by atoms with Crippen LogP contribution in [0.2, 0.25) is 0 Å². The van der Waals surface area contributed by atoms with Crippen LogP contribution < -0.4 is 5.32 Å². The summed E-state index contributed by atoms with van der Waals surface area (Å²) in [7, 11) is 0. The summed E-state index contributed by atoms with van der Waals surface area (Å²) in [4.78, 5) is 21.3. The van der Waals surface area contributed by atoms with Crippen molar-refractivity contribution in [3.8, 4) is 0 Å². The first kappa shape index (κ1) is 9.03. The molecule has 1 fully saturated rings. The van der Waals surface area contributed by atoms with Gasteiger partial charge in [-0.25, -0.2) is 0 Å². The van der Waals surface area contributed by atoms with E-state index in [0.29, 0.717) is 6.47 Å². The monoisotopic (exact) mass is 171 g/mol. The van der Waals surface area contributed by atoms with Crippen LogP contribution in [0.5, 0.6) is 0 Å². The summed E-state index contributed by atoms with van der Waals surface area (Å²) in [5.41, 5.74) is -0.515. The Bertz CT molecular complexity index is 193. The molecule has 1 saturated heterocycles. The molecule has 4 heteroatoms. The molecule has 1 amide bonds. The summed E-state index contributed by atoms with van der Waals surface area (Å²) in [6.07, 6.45) is 1.73. The van der Waals surface area contributed by atoms with Gasteiger partial charge in [-0.05, 0) is 19.8 Å². The summed E-state index contributed by atoms with van der Waals surface area (Å²) in [5, 5.41) is 2.75. The molecule has 1 N–H and O–H groups in total. The van der Waals surface area contributed by atoms with E-state index < -0.39 is 5.41 Å². The van der Waals surface area contributed by atoms with Gasteiger partial charge in [0.05, 0.1) is 5.41 Å². The fourth-order valence-corrected chi connectivity index (χ4v) is 1.36. The van der Waals surface area contributed by atoms with Crippen LogP contribution in [0, 0.1) is 5.41 Å². The molecule has 0 saturated carbocycles. The van der Waals surface area contributed by atoms with Crippen molar-refractivity contribution in [3.63, 3.8) is 0 Å². The first-order valence-electron chi connectivity index (χ1n) is 4.02. The summed E-state index contributed by atoms with van der Waals surface area (Å²) in [6.45, 7) is 3.11. The Morgan fingerprint density at radius 2 is 2.50 bits per heavy atom. The SMILES string of the molecule is CC1(COC=O)CCCNC1=O. The smallest absolute Gasteiger partial charge is 0.293 e. The highest BCUT2D eigenvalue weighted by molar-refractivity contribution is 5.83. The lowest BCUT2D eigenvalue weighted by Crippen LogP contribution is -2.46. The summed E-state index contributed by atoms with van der Waals surface area (Å²) >= 11 is 0. The second-order valence-corrected chi connectivity index (χ2v) is 3.33. The number of piperidine rings is 1. The third-order valence-corrected chi connectivity index (χ3v) is 2.21. The Morgan fingerprint density at radius 3 is 3.08 bits per heavy atom. The van der Waals surface area contributed by atoms with Gasteiger partial charge in [0.1, 0.15) is 6.61 Å². The average molecular weight is 171 g/mol. The van der Waals surface area contributed by atoms with Gasteiger partial charge in [0.25, 0.3) is 6.47 Å². The van der Waals surface area contributed by atoms with Crippen molar-refractivity contribution in [2.75, 3.05) is 13.2 Å². The molecule has 0 aliphatic carbocycles. The lowest BCUT2D eigenvalue weighted by molar-refractivity contribution is -0.141. The van der Waals surface area contributed by atoms with Gasteiger partial charge in [-0.3, -0.25) is 9.59 Å². The van der Waals surface area contributed by atoms with Crippen molar-refractivity contribution < 1.29 is 14.3 Å². The van der Waals surface area contributed by atoms with Crippen molar-refractivity contribution in [1.29, 1.82) is 0 Å². The normalized spacial score (nSPS) is 29.2. The average Bonchev–Trinajstić information content (AvgIpc) is 2.07. The van der Waals surface area contributed by atoms with E-state index in [1.807, 2.05) is 6.92 Å². The third kappa shape index (κ3) is 1.75. The fourth-order valence-electron chi connectivity index (χ4n) is 1.36. The van der Waals surface area contributed by atoms with E-state index >= 15 is 0 Å². The van der Waals surface area contributed by atoms with Gasteiger partial charge < -0.3 is 10.1 Å². The number of ether oxygens (including phenoxy) is 1. The van der Waals surface area contributed by atoms with E-state index in [1.54, 1.807) is 0 Å². The van der Waals surface area contributed by atoms with Gasteiger partial charge in [-0.2, -0.15) is 0 Å². The molecule has 1 aliphatic rings. The predicted octanol–water partition coefficient (Wildman–Crippen LogP) is 0.0757. The van der Waals surface area contributed by atoms with Crippen LogP contribution in [0.15, 0.2) is 0 Å². The lowest BCUT2D eigenvalue weighted by atomic mass is 9.83. The minimum Gasteiger partial charge on any atom is -0.467 e. The van der Waals surface area contributed by atoms with Crippen LogP contribution >= 0.6 is 0 Å². The summed E-state index contributed by atoms with van der Waals surface area (Å²) in [5.74, 6) is -0.0180. The summed E-state index contributed by atoms with van der Waals surface area (Å²) < 4.78 is 4.61. The van der Waals surface area contributed by atoms with Crippen molar-refractivity contribution in [1.82, 2.24) is 5.32 Å². The standard InChI is InChI=1S/C8H13NO3/c1-8(5-12-6-10)3-2-4-9-7(8)11/h6H,2-5H2,1H3,(H,9,11). The highest BCUT2D eigenvalue weighted by atomic mass is 16.5. The van der Waals surface area contributed by atoms with E-state index in [-0.39, 0.29) is 12.5 Å². The molecule has 1 heterocycles. The van der Waals surface area contributed by atoms with Crippen LogP contribution in [0.4, 0.5) is 0 Å². The molecule has 0 aromatic heterocycles. The number of hydrogen-bond acceptors (Lipinski definition) is 3.